The van der Waals surface area contributed by atoms with E-state index in [-0.39, 0.29) is 0 Å². The molecule has 0 N–H and O–H groups in total. The van der Waals surface area contributed by atoms with E-state index in [1.54, 1.807) is 0 Å². The Hall–Kier alpha value is -8.20. The predicted octanol–water partition coefficient (Wildman–Crippen LogP) is 17.2. The van der Waals surface area contributed by atoms with E-state index in [1.165, 1.54) is 60.1 Å². The van der Waals surface area contributed by atoms with Crippen LogP contribution in [0.2, 0.25) is 0 Å². The Kier molecular flexibility index (Phi) is 8.53. The first-order chi connectivity index (χ1) is 30.7. The van der Waals surface area contributed by atoms with Crippen LogP contribution < -0.4 is 4.90 Å². The fourth-order valence-corrected chi connectivity index (χ4v) is 9.49. The Balaban J connectivity index is 0.973. The number of para-hydroxylation sites is 1. The van der Waals surface area contributed by atoms with Gasteiger partial charge in [-0.1, -0.05) is 200 Å². The summed E-state index contributed by atoms with van der Waals surface area (Å²) in [5, 5.41) is 9.73. The van der Waals surface area contributed by atoms with Crippen molar-refractivity contribution in [2.45, 2.75) is 0 Å². The van der Waals surface area contributed by atoms with Crippen LogP contribution in [0.25, 0.3) is 98.8 Å². The molecule has 0 unspecified atom stereocenters. The second kappa shape index (κ2) is 14.8. The topological polar surface area (TPSA) is 16.4 Å². The minimum atomic E-state index is 0.855. The fraction of sp³-hybridized carbons (Fsp3) is 0. The summed E-state index contributed by atoms with van der Waals surface area (Å²) < 4.78 is 6.76. The molecule has 12 aromatic rings. The lowest BCUT2D eigenvalue weighted by atomic mass is 9.94. The average Bonchev–Trinajstić information content (AvgIpc) is 3.74. The SMILES string of the molecule is c1ccc(-c2cccc3c2oc2cccc(N(c4ccc(-c5ccc(-c6cccc7ccccc67)cc5)cc4)c4ccc(-c5cccc6c5ccc5ccccc56)cc4)c23)cc1. The van der Waals surface area contributed by atoms with E-state index in [2.05, 4.69) is 241 Å². The molecule has 2 heteroatoms. The summed E-state index contributed by atoms with van der Waals surface area (Å²) in [5.41, 5.74) is 14.3. The summed E-state index contributed by atoms with van der Waals surface area (Å²) >= 11 is 0. The summed E-state index contributed by atoms with van der Waals surface area (Å²) in [7, 11) is 0. The summed E-state index contributed by atoms with van der Waals surface area (Å²) in [6.07, 6.45) is 0. The van der Waals surface area contributed by atoms with Gasteiger partial charge in [-0.2, -0.15) is 0 Å². The fourth-order valence-electron chi connectivity index (χ4n) is 9.49. The largest absolute Gasteiger partial charge is 0.455 e. The molecule has 290 valence electrons. The smallest absolute Gasteiger partial charge is 0.143 e. The highest BCUT2D eigenvalue weighted by Crippen LogP contribution is 2.46. The van der Waals surface area contributed by atoms with Gasteiger partial charge < -0.3 is 9.32 Å². The minimum Gasteiger partial charge on any atom is -0.455 e. The molecule has 2 nitrogen and oxygen atoms in total. The van der Waals surface area contributed by atoms with Gasteiger partial charge >= 0.3 is 0 Å². The summed E-state index contributed by atoms with van der Waals surface area (Å²) in [6, 6.07) is 85.3. The molecule has 11 aromatic carbocycles. The summed E-state index contributed by atoms with van der Waals surface area (Å²) in [6.45, 7) is 0. The lowest BCUT2D eigenvalue weighted by Crippen LogP contribution is -2.10. The third-order valence-corrected chi connectivity index (χ3v) is 12.5. The van der Waals surface area contributed by atoms with Crippen LogP contribution in [-0.4, -0.2) is 0 Å². The van der Waals surface area contributed by atoms with Crippen molar-refractivity contribution in [1.29, 1.82) is 0 Å². The lowest BCUT2D eigenvalue weighted by Gasteiger charge is -2.27. The maximum absolute atomic E-state index is 6.76. The molecule has 1 heterocycles. The third kappa shape index (κ3) is 6.04. The van der Waals surface area contributed by atoms with Crippen molar-refractivity contribution in [2.24, 2.45) is 0 Å². The van der Waals surface area contributed by atoms with Gasteiger partial charge in [-0.15, -0.1) is 0 Å². The maximum atomic E-state index is 6.76. The van der Waals surface area contributed by atoms with Crippen LogP contribution in [0, 0.1) is 0 Å². The normalized spacial score (nSPS) is 11.5. The van der Waals surface area contributed by atoms with Crippen LogP contribution in [0.3, 0.4) is 0 Å². The Bertz CT molecular complexity index is 3600. The van der Waals surface area contributed by atoms with Gasteiger partial charge in [0.25, 0.3) is 0 Å². The van der Waals surface area contributed by atoms with Gasteiger partial charge in [0, 0.05) is 22.3 Å². The molecule has 1 aromatic heterocycles. The number of anilines is 3. The number of fused-ring (bicyclic) bond motifs is 7. The van der Waals surface area contributed by atoms with Crippen LogP contribution >= 0.6 is 0 Å². The van der Waals surface area contributed by atoms with Crippen molar-refractivity contribution < 1.29 is 4.42 Å². The van der Waals surface area contributed by atoms with Crippen molar-refractivity contribution in [3.63, 3.8) is 0 Å². The van der Waals surface area contributed by atoms with Crippen LogP contribution in [0.15, 0.2) is 241 Å². The van der Waals surface area contributed by atoms with E-state index < -0.39 is 0 Å². The lowest BCUT2D eigenvalue weighted by molar-refractivity contribution is 0.670. The average molecular weight is 790 g/mol. The van der Waals surface area contributed by atoms with E-state index in [4.69, 9.17) is 4.42 Å². The van der Waals surface area contributed by atoms with Gasteiger partial charge in [-0.25, -0.2) is 0 Å². The number of rotatable bonds is 7. The van der Waals surface area contributed by atoms with E-state index in [0.29, 0.717) is 0 Å². The van der Waals surface area contributed by atoms with Gasteiger partial charge in [0.15, 0.2) is 0 Å². The maximum Gasteiger partial charge on any atom is 0.143 e. The van der Waals surface area contributed by atoms with Crippen LogP contribution in [-0.2, 0) is 0 Å². The van der Waals surface area contributed by atoms with Gasteiger partial charge in [-0.3, -0.25) is 0 Å². The molecule has 0 aliphatic heterocycles. The zero-order valence-electron chi connectivity index (χ0n) is 33.9. The molecule has 0 bridgehead atoms. The van der Waals surface area contributed by atoms with Crippen molar-refractivity contribution in [1.82, 2.24) is 0 Å². The minimum absolute atomic E-state index is 0.855. The number of furan rings is 1. The van der Waals surface area contributed by atoms with Crippen molar-refractivity contribution >= 4 is 71.3 Å². The van der Waals surface area contributed by atoms with Gasteiger partial charge in [0.1, 0.15) is 11.2 Å². The monoisotopic (exact) mass is 789 g/mol. The highest BCUT2D eigenvalue weighted by atomic mass is 16.3. The van der Waals surface area contributed by atoms with Crippen LogP contribution in [0.5, 0.6) is 0 Å². The van der Waals surface area contributed by atoms with Crippen molar-refractivity contribution in [3.05, 3.63) is 237 Å². The zero-order chi connectivity index (χ0) is 41.0. The third-order valence-electron chi connectivity index (χ3n) is 12.5. The molecule has 0 spiro atoms. The molecule has 62 heavy (non-hydrogen) atoms. The molecular weight excluding hydrogens is 751 g/mol. The Morgan fingerprint density at radius 3 is 1.48 bits per heavy atom. The number of hydrogen-bond acceptors (Lipinski definition) is 2. The van der Waals surface area contributed by atoms with E-state index in [9.17, 15) is 0 Å². The highest BCUT2D eigenvalue weighted by Gasteiger charge is 2.21. The van der Waals surface area contributed by atoms with E-state index in [1.807, 2.05) is 0 Å². The Morgan fingerprint density at radius 1 is 0.274 bits per heavy atom. The van der Waals surface area contributed by atoms with Gasteiger partial charge in [-0.05, 0) is 108 Å². The molecule has 0 aliphatic carbocycles. The summed E-state index contributed by atoms with van der Waals surface area (Å²) in [5.74, 6) is 0. The molecule has 0 radical (unpaired) electrons. The standard InChI is InChI=1S/C60H39NO/c1-2-12-43(13-3-1)53-21-10-23-56-59-57(24-11-25-58(59)62-60(53)56)61(48-37-32-46(33-38-48)52-20-9-22-54-51-18-7-5-15-44(51)34-39-55(52)54)47-35-30-41(31-36-47)40-26-28-45(29-27-40)50-19-8-16-42-14-4-6-17-49(42)50/h1-39H. The molecule has 0 aliphatic rings. The molecule has 12 rings (SSSR count). The van der Waals surface area contributed by atoms with E-state index in [0.717, 1.165) is 55.7 Å². The molecule has 0 amide bonds. The van der Waals surface area contributed by atoms with Crippen molar-refractivity contribution in [2.75, 3.05) is 4.90 Å². The summed E-state index contributed by atoms with van der Waals surface area (Å²) in [4.78, 5) is 2.38. The van der Waals surface area contributed by atoms with Crippen LogP contribution in [0.1, 0.15) is 0 Å². The zero-order valence-corrected chi connectivity index (χ0v) is 33.9. The second-order valence-electron chi connectivity index (χ2n) is 16.0. The molecule has 0 saturated carbocycles. The molecular formula is C60H39NO. The first-order valence-corrected chi connectivity index (χ1v) is 21.2. The van der Waals surface area contributed by atoms with Crippen molar-refractivity contribution in [3.8, 4) is 44.5 Å². The highest BCUT2D eigenvalue weighted by molar-refractivity contribution is 6.16. The predicted molar refractivity (Wildman–Crippen MR) is 263 cm³/mol. The Morgan fingerprint density at radius 2 is 0.758 bits per heavy atom. The number of benzene rings is 11. The molecule has 0 saturated heterocycles. The van der Waals surface area contributed by atoms with Gasteiger partial charge in [0.05, 0.1) is 11.1 Å². The first kappa shape index (κ1) is 35.7. The molecule has 0 atom stereocenters. The first-order valence-electron chi connectivity index (χ1n) is 21.2. The van der Waals surface area contributed by atoms with Gasteiger partial charge in [0.2, 0.25) is 0 Å². The molecule has 0 fully saturated rings. The Labute approximate surface area is 360 Å². The second-order valence-corrected chi connectivity index (χ2v) is 16.0. The number of hydrogen-bond donors (Lipinski definition) is 0. The quantitative estimate of drug-likeness (QED) is 0.150. The number of nitrogens with zero attached hydrogens (tertiary/aromatic N) is 1. The van der Waals surface area contributed by atoms with E-state index >= 15 is 0 Å². The van der Waals surface area contributed by atoms with Crippen LogP contribution in [0.4, 0.5) is 17.1 Å².